The quantitative estimate of drug-likeness (QED) is 0.813. The zero-order valence-electron chi connectivity index (χ0n) is 17.6. The van der Waals surface area contributed by atoms with Crippen LogP contribution in [0.1, 0.15) is 57.4 Å². The standard InChI is InChI=1S/C23H36N4O/c1-3-4-9-21-19-8-6-13-26-12-5-7-18(23(19)26)15-27(21)16-22(28)25-20-10-11-24-14-17(20)2/h10-11,14,18-19,21,23H,3-9,12-13,15-16H2,1-2H3,(H,24,25,28)/t18-,19+,21+,23-/m0/s1. The topological polar surface area (TPSA) is 48.5 Å². The van der Waals surface area contributed by atoms with Crippen LogP contribution in [0.25, 0.3) is 0 Å². The van der Waals surface area contributed by atoms with Gasteiger partial charge in [0.25, 0.3) is 0 Å². The first kappa shape index (κ1) is 19.8. The molecular weight excluding hydrogens is 348 g/mol. The molecule has 0 spiro atoms. The summed E-state index contributed by atoms with van der Waals surface area (Å²) in [6.07, 6.45) is 12.6. The van der Waals surface area contributed by atoms with Crippen molar-refractivity contribution in [1.29, 1.82) is 0 Å². The number of likely N-dealkylation sites (tertiary alicyclic amines) is 1. The van der Waals surface area contributed by atoms with Crippen LogP contribution in [-0.2, 0) is 4.79 Å². The van der Waals surface area contributed by atoms with Crippen LogP contribution < -0.4 is 5.32 Å². The second kappa shape index (κ2) is 8.91. The van der Waals surface area contributed by atoms with E-state index in [2.05, 4.69) is 27.0 Å². The molecule has 1 aromatic rings. The Balaban J connectivity index is 1.49. The predicted molar refractivity (Wildman–Crippen MR) is 113 cm³/mol. The van der Waals surface area contributed by atoms with Crippen molar-refractivity contribution >= 4 is 11.6 Å². The predicted octanol–water partition coefficient (Wildman–Crippen LogP) is 3.69. The minimum atomic E-state index is 0.123. The molecule has 4 atom stereocenters. The number of hydrogen-bond donors (Lipinski definition) is 1. The number of aromatic nitrogens is 1. The van der Waals surface area contributed by atoms with Crippen LogP contribution in [0.4, 0.5) is 5.69 Å². The maximum absolute atomic E-state index is 12.9. The van der Waals surface area contributed by atoms with Crippen LogP contribution in [0.2, 0.25) is 0 Å². The van der Waals surface area contributed by atoms with E-state index in [9.17, 15) is 4.79 Å². The largest absolute Gasteiger partial charge is 0.325 e. The maximum atomic E-state index is 12.9. The van der Waals surface area contributed by atoms with E-state index in [0.717, 1.165) is 35.7 Å². The van der Waals surface area contributed by atoms with Gasteiger partial charge in [-0.3, -0.25) is 19.6 Å². The number of aryl methyl sites for hydroxylation is 1. The zero-order valence-corrected chi connectivity index (χ0v) is 17.6. The molecule has 0 aliphatic carbocycles. The Kier molecular flexibility index (Phi) is 6.32. The Morgan fingerprint density at radius 3 is 2.89 bits per heavy atom. The third-order valence-electron chi connectivity index (χ3n) is 7.27. The number of unbranched alkanes of at least 4 members (excludes halogenated alkanes) is 1. The first-order valence-electron chi connectivity index (χ1n) is 11.4. The van der Waals surface area contributed by atoms with Crippen LogP contribution >= 0.6 is 0 Å². The molecule has 28 heavy (non-hydrogen) atoms. The molecule has 0 unspecified atom stereocenters. The number of hydrogen-bond acceptors (Lipinski definition) is 4. The van der Waals surface area contributed by atoms with E-state index in [1.165, 1.54) is 58.0 Å². The van der Waals surface area contributed by atoms with Crippen molar-refractivity contribution in [2.75, 3.05) is 31.5 Å². The fourth-order valence-corrected chi connectivity index (χ4v) is 6.06. The van der Waals surface area contributed by atoms with Gasteiger partial charge in [0.1, 0.15) is 0 Å². The first-order chi connectivity index (χ1) is 13.7. The van der Waals surface area contributed by atoms with Crippen molar-refractivity contribution in [3.63, 3.8) is 0 Å². The van der Waals surface area contributed by atoms with E-state index in [0.29, 0.717) is 12.6 Å². The Morgan fingerprint density at radius 1 is 1.29 bits per heavy atom. The molecule has 3 aliphatic rings. The SMILES string of the molecule is CCCC[C@@H]1[C@H]2CCCN3CCC[C@@H](CN1CC(=O)Nc1ccncc1C)[C@@H]23. The molecule has 3 saturated heterocycles. The van der Waals surface area contributed by atoms with Gasteiger partial charge in [-0.15, -0.1) is 0 Å². The Morgan fingerprint density at radius 2 is 2.11 bits per heavy atom. The van der Waals surface area contributed by atoms with Gasteiger partial charge < -0.3 is 5.32 Å². The number of anilines is 1. The van der Waals surface area contributed by atoms with Crippen LogP contribution in [0.3, 0.4) is 0 Å². The second-order valence-electron chi connectivity index (χ2n) is 9.11. The van der Waals surface area contributed by atoms with E-state index in [1.54, 1.807) is 6.20 Å². The monoisotopic (exact) mass is 384 g/mol. The summed E-state index contributed by atoms with van der Waals surface area (Å²) in [4.78, 5) is 22.4. The zero-order chi connectivity index (χ0) is 19.5. The Labute approximate surface area is 169 Å². The lowest BCUT2D eigenvalue weighted by Crippen LogP contribution is -2.65. The molecular formula is C23H36N4O. The van der Waals surface area contributed by atoms with Gasteiger partial charge in [0.05, 0.1) is 6.54 Å². The highest BCUT2D eigenvalue weighted by Crippen LogP contribution is 2.43. The van der Waals surface area contributed by atoms with E-state index < -0.39 is 0 Å². The van der Waals surface area contributed by atoms with Crippen molar-refractivity contribution in [2.45, 2.75) is 70.9 Å². The van der Waals surface area contributed by atoms with E-state index >= 15 is 0 Å². The van der Waals surface area contributed by atoms with Crippen LogP contribution in [-0.4, -0.2) is 59.0 Å². The summed E-state index contributed by atoms with van der Waals surface area (Å²) in [6, 6.07) is 3.23. The van der Waals surface area contributed by atoms with Gasteiger partial charge in [-0.25, -0.2) is 0 Å². The molecule has 154 valence electrons. The van der Waals surface area contributed by atoms with E-state index in [4.69, 9.17) is 0 Å². The lowest BCUT2D eigenvalue weighted by molar-refractivity contribution is -0.123. The van der Waals surface area contributed by atoms with Gasteiger partial charge in [-0.05, 0) is 75.6 Å². The number of carbonyl (C=O) groups excluding carboxylic acids is 1. The lowest BCUT2D eigenvalue weighted by atomic mass is 9.69. The molecule has 0 aromatic carbocycles. The van der Waals surface area contributed by atoms with Crippen molar-refractivity contribution < 1.29 is 4.79 Å². The molecule has 4 rings (SSSR count). The van der Waals surface area contributed by atoms with Crippen LogP contribution in [0.15, 0.2) is 18.5 Å². The van der Waals surface area contributed by atoms with Gasteiger partial charge in [0.2, 0.25) is 5.91 Å². The molecule has 3 aliphatic heterocycles. The molecule has 5 nitrogen and oxygen atoms in total. The highest BCUT2D eigenvalue weighted by Gasteiger charge is 2.48. The van der Waals surface area contributed by atoms with Gasteiger partial charge >= 0.3 is 0 Å². The molecule has 3 fully saturated rings. The Bertz CT molecular complexity index is 676. The van der Waals surface area contributed by atoms with Crippen molar-refractivity contribution in [3.8, 4) is 0 Å². The fraction of sp³-hybridized carbons (Fsp3) is 0.739. The van der Waals surface area contributed by atoms with Crippen molar-refractivity contribution in [1.82, 2.24) is 14.8 Å². The number of nitrogens with one attached hydrogen (secondary N) is 1. The van der Waals surface area contributed by atoms with Crippen molar-refractivity contribution in [2.24, 2.45) is 11.8 Å². The molecule has 4 heterocycles. The highest BCUT2D eigenvalue weighted by molar-refractivity contribution is 5.92. The van der Waals surface area contributed by atoms with Gasteiger partial charge in [0.15, 0.2) is 0 Å². The first-order valence-corrected chi connectivity index (χ1v) is 11.4. The average molecular weight is 385 g/mol. The summed E-state index contributed by atoms with van der Waals surface area (Å²) in [7, 11) is 0. The molecule has 1 N–H and O–H groups in total. The molecule has 0 bridgehead atoms. The summed E-state index contributed by atoms with van der Waals surface area (Å²) in [5.74, 6) is 1.61. The molecule has 5 heteroatoms. The molecule has 0 saturated carbocycles. The summed E-state index contributed by atoms with van der Waals surface area (Å²) in [5.41, 5.74) is 1.91. The number of rotatable bonds is 6. The minimum Gasteiger partial charge on any atom is -0.325 e. The van der Waals surface area contributed by atoms with Crippen LogP contribution in [0, 0.1) is 18.8 Å². The minimum absolute atomic E-state index is 0.123. The average Bonchev–Trinajstić information content (AvgIpc) is 2.70. The smallest absolute Gasteiger partial charge is 0.238 e. The number of amides is 1. The van der Waals surface area contributed by atoms with Gasteiger partial charge in [-0.2, -0.15) is 0 Å². The highest BCUT2D eigenvalue weighted by atomic mass is 16.2. The van der Waals surface area contributed by atoms with Crippen LogP contribution in [0.5, 0.6) is 0 Å². The number of nitrogens with zero attached hydrogens (tertiary/aromatic N) is 3. The Hall–Kier alpha value is -1.46. The number of pyridine rings is 1. The molecule has 0 radical (unpaired) electrons. The number of piperidine rings is 3. The molecule has 1 aromatic heterocycles. The summed E-state index contributed by atoms with van der Waals surface area (Å²) in [6.45, 7) is 8.48. The fourth-order valence-electron chi connectivity index (χ4n) is 6.06. The maximum Gasteiger partial charge on any atom is 0.238 e. The van der Waals surface area contributed by atoms with Crippen molar-refractivity contribution in [3.05, 3.63) is 24.0 Å². The lowest BCUT2D eigenvalue weighted by Gasteiger charge is -2.57. The van der Waals surface area contributed by atoms with E-state index in [1.807, 2.05) is 19.2 Å². The van der Waals surface area contributed by atoms with Gasteiger partial charge in [0, 0.05) is 36.7 Å². The summed E-state index contributed by atoms with van der Waals surface area (Å²) >= 11 is 0. The summed E-state index contributed by atoms with van der Waals surface area (Å²) in [5, 5.41) is 3.13. The second-order valence-corrected chi connectivity index (χ2v) is 9.11. The normalized spacial score (nSPS) is 30.6. The van der Waals surface area contributed by atoms with E-state index in [-0.39, 0.29) is 5.91 Å². The van der Waals surface area contributed by atoms with Gasteiger partial charge in [-0.1, -0.05) is 19.8 Å². The third-order valence-corrected chi connectivity index (χ3v) is 7.27. The third kappa shape index (κ3) is 4.11. The summed E-state index contributed by atoms with van der Waals surface area (Å²) < 4.78 is 0. The number of carbonyl (C=O) groups is 1. The molecule has 1 amide bonds.